The molecule has 0 spiro atoms. The highest BCUT2D eigenvalue weighted by Gasteiger charge is 2.11. The van der Waals surface area contributed by atoms with Gasteiger partial charge in [0.1, 0.15) is 5.75 Å². The SMILES string of the molecule is CCC(NCCc1cccs1)c1ccccc1O. The average Bonchev–Trinajstić information content (AvgIpc) is 2.89. The van der Waals surface area contributed by atoms with Crippen LogP contribution in [0.4, 0.5) is 0 Å². The van der Waals surface area contributed by atoms with Crippen molar-refractivity contribution < 1.29 is 5.11 Å². The minimum atomic E-state index is 0.228. The van der Waals surface area contributed by atoms with Crippen LogP contribution in [0.2, 0.25) is 0 Å². The van der Waals surface area contributed by atoms with E-state index in [1.54, 1.807) is 17.4 Å². The van der Waals surface area contributed by atoms with Crippen molar-refractivity contribution in [1.29, 1.82) is 0 Å². The maximum Gasteiger partial charge on any atom is 0.120 e. The number of nitrogens with one attached hydrogen (secondary N) is 1. The molecule has 2 rings (SSSR count). The van der Waals surface area contributed by atoms with Gasteiger partial charge in [-0.3, -0.25) is 0 Å². The third-order valence-electron chi connectivity index (χ3n) is 3.06. The van der Waals surface area contributed by atoms with Gasteiger partial charge in [-0.1, -0.05) is 31.2 Å². The smallest absolute Gasteiger partial charge is 0.120 e. The van der Waals surface area contributed by atoms with Gasteiger partial charge in [0.25, 0.3) is 0 Å². The Morgan fingerprint density at radius 2 is 2.06 bits per heavy atom. The monoisotopic (exact) mass is 261 g/mol. The van der Waals surface area contributed by atoms with Gasteiger partial charge in [0.15, 0.2) is 0 Å². The normalized spacial score (nSPS) is 12.5. The topological polar surface area (TPSA) is 32.3 Å². The predicted molar refractivity (Wildman–Crippen MR) is 77.2 cm³/mol. The van der Waals surface area contributed by atoms with E-state index < -0.39 is 0 Å². The van der Waals surface area contributed by atoms with Crippen molar-refractivity contribution >= 4 is 11.3 Å². The molecule has 0 aliphatic carbocycles. The molecule has 2 aromatic rings. The van der Waals surface area contributed by atoms with E-state index in [1.807, 2.05) is 18.2 Å². The number of rotatable bonds is 6. The van der Waals surface area contributed by atoms with Crippen molar-refractivity contribution in [3.8, 4) is 5.75 Å². The number of hydrogen-bond acceptors (Lipinski definition) is 3. The number of thiophene rings is 1. The number of phenols is 1. The highest BCUT2D eigenvalue weighted by Crippen LogP contribution is 2.25. The van der Waals surface area contributed by atoms with E-state index in [9.17, 15) is 5.11 Å². The van der Waals surface area contributed by atoms with Crippen LogP contribution in [-0.2, 0) is 6.42 Å². The standard InChI is InChI=1S/C15H19NOS/c1-2-14(13-7-3-4-8-15(13)17)16-10-9-12-6-5-11-18-12/h3-8,11,14,16-17H,2,9-10H2,1H3. The van der Waals surface area contributed by atoms with Crippen molar-refractivity contribution in [2.45, 2.75) is 25.8 Å². The van der Waals surface area contributed by atoms with E-state index in [4.69, 9.17) is 0 Å². The summed E-state index contributed by atoms with van der Waals surface area (Å²) in [6.45, 7) is 3.07. The summed E-state index contributed by atoms with van der Waals surface area (Å²) < 4.78 is 0. The van der Waals surface area contributed by atoms with Crippen LogP contribution < -0.4 is 5.32 Å². The second-order valence-corrected chi connectivity index (χ2v) is 5.34. The lowest BCUT2D eigenvalue weighted by molar-refractivity contribution is 0.442. The first-order chi connectivity index (χ1) is 8.81. The molecule has 0 saturated carbocycles. The van der Waals surface area contributed by atoms with E-state index in [-0.39, 0.29) is 6.04 Å². The molecule has 0 aliphatic rings. The zero-order valence-corrected chi connectivity index (χ0v) is 11.4. The fourth-order valence-electron chi connectivity index (χ4n) is 2.08. The van der Waals surface area contributed by atoms with Gasteiger partial charge in [-0.25, -0.2) is 0 Å². The van der Waals surface area contributed by atoms with Crippen molar-refractivity contribution in [1.82, 2.24) is 5.32 Å². The van der Waals surface area contributed by atoms with Gasteiger partial charge < -0.3 is 10.4 Å². The molecule has 0 bridgehead atoms. The van der Waals surface area contributed by atoms with Gasteiger partial charge in [-0.2, -0.15) is 0 Å². The molecule has 0 fully saturated rings. The summed E-state index contributed by atoms with van der Waals surface area (Å²) >= 11 is 1.79. The predicted octanol–water partition coefficient (Wildman–Crippen LogP) is 3.74. The van der Waals surface area contributed by atoms with Gasteiger partial charge in [0.2, 0.25) is 0 Å². The number of aromatic hydroxyl groups is 1. The Labute approximate surface area is 112 Å². The lowest BCUT2D eigenvalue weighted by Gasteiger charge is -2.18. The summed E-state index contributed by atoms with van der Waals surface area (Å²) in [6, 6.07) is 12.0. The number of para-hydroxylation sites is 1. The van der Waals surface area contributed by atoms with Gasteiger partial charge in [-0.05, 0) is 30.4 Å². The fourth-order valence-corrected chi connectivity index (χ4v) is 2.79. The zero-order valence-electron chi connectivity index (χ0n) is 10.6. The van der Waals surface area contributed by atoms with Crippen LogP contribution >= 0.6 is 11.3 Å². The van der Waals surface area contributed by atoms with E-state index in [1.165, 1.54) is 4.88 Å². The molecule has 2 nitrogen and oxygen atoms in total. The van der Waals surface area contributed by atoms with Crippen LogP contribution in [0, 0.1) is 0 Å². The van der Waals surface area contributed by atoms with Crippen LogP contribution in [0.1, 0.15) is 29.8 Å². The third kappa shape index (κ3) is 3.34. The minimum Gasteiger partial charge on any atom is -0.508 e. The first-order valence-corrected chi connectivity index (χ1v) is 7.23. The molecule has 0 aliphatic heterocycles. The lowest BCUT2D eigenvalue weighted by Crippen LogP contribution is -2.23. The lowest BCUT2D eigenvalue weighted by atomic mass is 10.0. The Kier molecular flexibility index (Phi) is 4.79. The van der Waals surface area contributed by atoms with Crippen LogP contribution in [0.5, 0.6) is 5.75 Å². The molecule has 0 amide bonds. The molecule has 0 saturated heterocycles. The summed E-state index contributed by atoms with van der Waals surface area (Å²) in [7, 11) is 0. The second-order valence-electron chi connectivity index (χ2n) is 4.30. The maximum atomic E-state index is 9.86. The summed E-state index contributed by atoms with van der Waals surface area (Å²) in [4.78, 5) is 1.40. The molecule has 2 N–H and O–H groups in total. The van der Waals surface area contributed by atoms with Crippen LogP contribution in [0.3, 0.4) is 0 Å². The highest BCUT2D eigenvalue weighted by molar-refractivity contribution is 7.09. The average molecular weight is 261 g/mol. The molecule has 0 radical (unpaired) electrons. The molecular weight excluding hydrogens is 242 g/mol. The molecule has 3 heteroatoms. The molecule has 1 unspecified atom stereocenters. The molecule has 1 atom stereocenters. The van der Waals surface area contributed by atoms with E-state index >= 15 is 0 Å². The second kappa shape index (κ2) is 6.57. The minimum absolute atomic E-state index is 0.228. The molecule has 1 aromatic carbocycles. The molecule has 1 heterocycles. The first kappa shape index (κ1) is 13.1. The molecule has 1 aromatic heterocycles. The summed E-state index contributed by atoms with van der Waals surface area (Å²) in [5.41, 5.74) is 0.992. The van der Waals surface area contributed by atoms with E-state index in [0.717, 1.165) is 24.9 Å². The quantitative estimate of drug-likeness (QED) is 0.830. The largest absolute Gasteiger partial charge is 0.508 e. The van der Waals surface area contributed by atoms with E-state index in [0.29, 0.717) is 5.75 Å². The number of hydrogen-bond donors (Lipinski definition) is 2. The third-order valence-corrected chi connectivity index (χ3v) is 4.00. The van der Waals surface area contributed by atoms with Gasteiger partial charge in [0.05, 0.1) is 0 Å². The fraction of sp³-hybridized carbons (Fsp3) is 0.333. The van der Waals surface area contributed by atoms with Crippen molar-refractivity contribution in [3.05, 3.63) is 52.2 Å². The highest BCUT2D eigenvalue weighted by atomic mass is 32.1. The summed E-state index contributed by atoms with van der Waals surface area (Å²) in [5.74, 6) is 0.382. The van der Waals surface area contributed by atoms with Gasteiger partial charge >= 0.3 is 0 Å². The van der Waals surface area contributed by atoms with Crippen LogP contribution in [0.25, 0.3) is 0 Å². The summed E-state index contributed by atoms with van der Waals surface area (Å²) in [6.07, 6.45) is 2.02. The van der Waals surface area contributed by atoms with Crippen molar-refractivity contribution in [2.75, 3.05) is 6.54 Å². The van der Waals surface area contributed by atoms with Crippen LogP contribution in [0.15, 0.2) is 41.8 Å². The Balaban J connectivity index is 1.91. The molecule has 96 valence electrons. The van der Waals surface area contributed by atoms with Crippen molar-refractivity contribution in [3.63, 3.8) is 0 Å². The number of benzene rings is 1. The van der Waals surface area contributed by atoms with E-state index in [2.05, 4.69) is 29.8 Å². The van der Waals surface area contributed by atoms with Crippen molar-refractivity contribution in [2.24, 2.45) is 0 Å². The maximum absolute atomic E-state index is 9.86. The van der Waals surface area contributed by atoms with Crippen LogP contribution in [-0.4, -0.2) is 11.7 Å². The van der Waals surface area contributed by atoms with Gasteiger partial charge in [-0.15, -0.1) is 11.3 Å². The summed E-state index contributed by atoms with van der Waals surface area (Å²) in [5, 5.41) is 15.5. The Hall–Kier alpha value is -1.32. The van der Waals surface area contributed by atoms with Gasteiger partial charge in [0, 0.05) is 23.0 Å². The zero-order chi connectivity index (χ0) is 12.8. The Bertz CT molecular complexity index is 467. The number of phenolic OH excluding ortho intramolecular Hbond substituents is 1. The Morgan fingerprint density at radius 1 is 1.22 bits per heavy atom. The first-order valence-electron chi connectivity index (χ1n) is 6.35. The molecule has 18 heavy (non-hydrogen) atoms. The Morgan fingerprint density at radius 3 is 2.72 bits per heavy atom. The molecular formula is C15H19NOS.